The molecule has 0 N–H and O–H groups in total. The van der Waals surface area contributed by atoms with Crippen LogP contribution in [0.1, 0.15) is 107 Å². The summed E-state index contributed by atoms with van der Waals surface area (Å²) in [6, 6.07) is 1.45. The Bertz CT molecular complexity index is 260. The van der Waals surface area contributed by atoms with Crippen LogP contribution in [0.15, 0.2) is 0 Å². The van der Waals surface area contributed by atoms with Gasteiger partial charge in [-0.05, 0) is 44.9 Å². The van der Waals surface area contributed by atoms with Crippen LogP contribution in [0.2, 0.25) is 0 Å². The summed E-state index contributed by atoms with van der Waals surface area (Å²) < 4.78 is 3.24. The van der Waals surface area contributed by atoms with E-state index in [4.69, 9.17) is 0 Å². The first-order valence-corrected chi connectivity index (χ1v) is 10.6. The zero-order valence-corrected chi connectivity index (χ0v) is 17.6. The summed E-state index contributed by atoms with van der Waals surface area (Å²) in [5.74, 6) is 0.733. The van der Waals surface area contributed by atoms with Gasteiger partial charge in [0.25, 0.3) is 0 Å². The van der Waals surface area contributed by atoms with Crippen LogP contribution in [0.4, 0.5) is 0 Å². The van der Waals surface area contributed by atoms with Crippen LogP contribution in [0.25, 0.3) is 0 Å². The van der Waals surface area contributed by atoms with Gasteiger partial charge in [0.2, 0.25) is 0 Å². The van der Waals surface area contributed by atoms with E-state index >= 15 is 0 Å². The largest absolute Gasteiger partial charge is 0.244 e. The molecule has 0 rings (SSSR count). The molecule has 0 aromatic carbocycles. The first kappa shape index (κ1) is 22.3. The Balaban J connectivity index is 5.36. The van der Waals surface area contributed by atoms with Crippen molar-refractivity contribution in [2.75, 3.05) is 0 Å². The van der Waals surface area contributed by atoms with Crippen molar-refractivity contribution in [1.29, 1.82) is 0 Å². The summed E-state index contributed by atoms with van der Waals surface area (Å²) in [4.78, 5) is 0. The van der Waals surface area contributed by atoms with E-state index in [0.717, 1.165) is 12.0 Å². The van der Waals surface area contributed by atoms with E-state index in [1.807, 2.05) is 0 Å². The third-order valence-corrected chi connectivity index (χ3v) is 6.68. The summed E-state index contributed by atoms with van der Waals surface area (Å²) in [6.45, 7) is 19.0. The minimum atomic E-state index is 0.400. The quantitative estimate of drug-likeness (QED) is 0.326. The highest BCUT2D eigenvalue weighted by atomic mass is 32.2. The average Bonchev–Trinajstić information content (AvgIpc) is 2.46. The highest BCUT2D eigenvalue weighted by Gasteiger charge is 2.33. The molecular formula is C20H43NS. The molecule has 1 nitrogen and oxygen atoms in total. The zero-order chi connectivity index (χ0) is 17.2. The molecule has 0 spiro atoms. The number of hydrogen-bond donors (Lipinski definition) is 0. The molecule has 22 heavy (non-hydrogen) atoms. The number of hydrogen-bond acceptors (Lipinski definition) is 2. The Morgan fingerprint density at radius 2 is 1.45 bits per heavy atom. The maximum absolute atomic E-state index is 2.84. The van der Waals surface area contributed by atoms with Gasteiger partial charge in [-0.25, -0.2) is 4.31 Å². The molecular weight excluding hydrogens is 286 g/mol. The third-order valence-electron chi connectivity index (χ3n) is 4.97. The molecule has 134 valence electrons. The molecule has 0 amide bonds. The molecule has 0 fully saturated rings. The molecule has 0 bridgehead atoms. The van der Waals surface area contributed by atoms with Crippen molar-refractivity contribution in [1.82, 2.24) is 4.31 Å². The molecule has 2 heteroatoms. The smallest absolute Gasteiger partial charge is 0.0276 e. The fraction of sp³-hybridized carbons (Fsp3) is 1.00. The molecule has 2 atom stereocenters. The summed E-state index contributed by atoms with van der Waals surface area (Å²) in [7, 11) is 0. The highest BCUT2D eigenvalue weighted by molar-refractivity contribution is 7.98. The molecule has 0 aliphatic carbocycles. The normalized spacial score (nSPS) is 16.5. The van der Waals surface area contributed by atoms with Gasteiger partial charge >= 0.3 is 0 Å². The van der Waals surface area contributed by atoms with Crippen LogP contribution in [0.5, 0.6) is 0 Å². The molecule has 0 radical (unpaired) electrons. The standard InChI is InChI=1S/C20H43NS/c1-9-14-18(15-10-2)21(19(12-4)17(6)7)22-20(8,13-5)16-11-3/h17-19H,9-16H2,1-8H3. The van der Waals surface area contributed by atoms with Gasteiger partial charge in [-0.3, -0.25) is 0 Å². The van der Waals surface area contributed by atoms with Crippen LogP contribution in [-0.2, 0) is 0 Å². The van der Waals surface area contributed by atoms with Crippen molar-refractivity contribution in [3.63, 3.8) is 0 Å². The Morgan fingerprint density at radius 3 is 1.77 bits per heavy atom. The first-order valence-electron chi connectivity index (χ1n) is 9.86. The van der Waals surface area contributed by atoms with Gasteiger partial charge < -0.3 is 0 Å². The van der Waals surface area contributed by atoms with Gasteiger partial charge in [-0.2, -0.15) is 0 Å². The molecule has 0 aromatic rings. The number of nitrogens with zero attached hydrogens (tertiary/aromatic N) is 1. The highest BCUT2D eigenvalue weighted by Crippen LogP contribution is 2.41. The first-order chi connectivity index (χ1) is 10.4. The van der Waals surface area contributed by atoms with E-state index in [1.54, 1.807) is 0 Å². The van der Waals surface area contributed by atoms with E-state index in [2.05, 4.69) is 71.6 Å². The second kappa shape index (κ2) is 11.8. The molecule has 2 unspecified atom stereocenters. The molecule has 0 saturated heterocycles. The number of rotatable bonds is 13. The molecule has 0 saturated carbocycles. The summed E-state index contributed by atoms with van der Waals surface area (Å²) in [5, 5.41) is 0. The molecule has 0 heterocycles. The topological polar surface area (TPSA) is 3.24 Å². The van der Waals surface area contributed by atoms with Gasteiger partial charge in [0, 0.05) is 16.8 Å². The van der Waals surface area contributed by atoms with Gasteiger partial charge in [0.15, 0.2) is 0 Å². The summed E-state index contributed by atoms with van der Waals surface area (Å²) in [5.41, 5.74) is 0. The minimum Gasteiger partial charge on any atom is -0.244 e. The van der Waals surface area contributed by atoms with Gasteiger partial charge in [-0.1, -0.05) is 79.7 Å². The van der Waals surface area contributed by atoms with Gasteiger partial charge in [0.05, 0.1) is 0 Å². The van der Waals surface area contributed by atoms with E-state index in [0.29, 0.717) is 10.8 Å². The van der Waals surface area contributed by atoms with E-state index in [1.165, 1.54) is 51.4 Å². The Morgan fingerprint density at radius 1 is 0.909 bits per heavy atom. The van der Waals surface area contributed by atoms with Gasteiger partial charge in [0.1, 0.15) is 0 Å². The fourth-order valence-electron chi connectivity index (χ4n) is 3.49. The fourth-order valence-corrected chi connectivity index (χ4v) is 5.32. The van der Waals surface area contributed by atoms with Crippen molar-refractivity contribution >= 4 is 11.9 Å². The summed E-state index contributed by atoms with van der Waals surface area (Å²) >= 11 is 2.20. The zero-order valence-electron chi connectivity index (χ0n) is 16.7. The predicted molar refractivity (Wildman–Crippen MR) is 106 cm³/mol. The second-order valence-electron chi connectivity index (χ2n) is 7.46. The maximum Gasteiger partial charge on any atom is 0.0276 e. The van der Waals surface area contributed by atoms with Crippen LogP contribution >= 0.6 is 11.9 Å². The minimum absolute atomic E-state index is 0.400. The van der Waals surface area contributed by atoms with Crippen molar-refractivity contribution < 1.29 is 0 Å². The van der Waals surface area contributed by atoms with Crippen LogP contribution in [-0.4, -0.2) is 21.1 Å². The predicted octanol–water partition coefficient (Wildman–Crippen LogP) is 7.31. The SMILES string of the molecule is CCCC(CCC)N(SC(C)(CC)CCC)C(CC)C(C)C. The van der Waals surface area contributed by atoms with E-state index in [-0.39, 0.29) is 0 Å². The second-order valence-corrected chi connectivity index (χ2v) is 9.05. The molecule has 0 aliphatic rings. The lowest BCUT2D eigenvalue weighted by Gasteiger charge is -2.44. The maximum atomic E-state index is 2.84. The Kier molecular flexibility index (Phi) is 12.0. The Labute approximate surface area is 146 Å². The summed E-state index contributed by atoms with van der Waals surface area (Å²) in [6.07, 6.45) is 10.4. The third kappa shape index (κ3) is 7.25. The van der Waals surface area contributed by atoms with Crippen molar-refractivity contribution in [2.24, 2.45) is 5.92 Å². The van der Waals surface area contributed by atoms with Crippen molar-refractivity contribution in [2.45, 2.75) is 124 Å². The average molecular weight is 330 g/mol. The van der Waals surface area contributed by atoms with Crippen molar-refractivity contribution in [3.8, 4) is 0 Å². The van der Waals surface area contributed by atoms with Crippen LogP contribution in [0.3, 0.4) is 0 Å². The molecule has 0 aromatic heterocycles. The van der Waals surface area contributed by atoms with Crippen LogP contribution in [0, 0.1) is 5.92 Å². The van der Waals surface area contributed by atoms with Crippen LogP contribution < -0.4 is 0 Å². The van der Waals surface area contributed by atoms with E-state index < -0.39 is 0 Å². The lowest BCUT2D eigenvalue weighted by Crippen LogP contribution is -2.44. The monoisotopic (exact) mass is 329 g/mol. The van der Waals surface area contributed by atoms with Crippen molar-refractivity contribution in [3.05, 3.63) is 0 Å². The van der Waals surface area contributed by atoms with E-state index in [9.17, 15) is 0 Å². The Hall–Kier alpha value is 0.310. The van der Waals surface area contributed by atoms with Gasteiger partial charge in [-0.15, -0.1) is 0 Å². The lowest BCUT2D eigenvalue weighted by molar-refractivity contribution is 0.194. The molecule has 0 aliphatic heterocycles. The lowest BCUT2D eigenvalue weighted by atomic mass is 9.98.